The number of aliphatic hydroxyl groups is 1. The first-order valence-electron chi connectivity index (χ1n) is 13.9. The SMILES string of the molecule is CN1CCN(c2ccc(-c3ccc(C4C(C)(C)OC(C[C@@H](CCO)c5ccccc5F)=NS4(=O)=O)cc3)cn2)CC1. The second kappa shape index (κ2) is 11.9. The molecular weight excluding hydrogens is 543 g/mol. The number of sulfonamides is 1. The molecule has 0 spiro atoms. The van der Waals surface area contributed by atoms with E-state index >= 15 is 0 Å². The molecule has 1 fully saturated rings. The van der Waals surface area contributed by atoms with Gasteiger partial charge in [0.2, 0.25) is 5.90 Å². The maximum atomic E-state index is 14.5. The molecule has 10 heteroatoms. The van der Waals surface area contributed by atoms with Crippen LogP contribution < -0.4 is 4.90 Å². The summed E-state index contributed by atoms with van der Waals surface area (Å²) in [5.41, 5.74) is 1.72. The summed E-state index contributed by atoms with van der Waals surface area (Å²) in [6.07, 6.45) is 2.16. The zero-order valence-corrected chi connectivity index (χ0v) is 24.5. The van der Waals surface area contributed by atoms with Gasteiger partial charge in [-0.05, 0) is 68.1 Å². The van der Waals surface area contributed by atoms with Crippen molar-refractivity contribution in [3.05, 3.63) is 83.8 Å². The van der Waals surface area contributed by atoms with Crippen LogP contribution in [0.3, 0.4) is 0 Å². The topological polar surface area (TPSA) is 95.3 Å². The molecule has 2 atom stereocenters. The predicted molar refractivity (Wildman–Crippen MR) is 159 cm³/mol. The van der Waals surface area contributed by atoms with Gasteiger partial charge in [0.05, 0.1) is 0 Å². The third kappa shape index (κ3) is 6.45. The van der Waals surface area contributed by atoms with Crippen LogP contribution in [0.25, 0.3) is 11.1 Å². The lowest BCUT2D eigenvalue weighted by Crippen LogP contribution is -2.44. The quantitative estimate of drug-likeness (QED) is 0.410. The lowest BCUT2D eigenvalue weighted by Gasteiger charge is -2.38. The van der Waals surface area contributed by atoms with Gasteiger partial charge in [-0.1, -0.05) is 42.5 Å². The minimum absolute atomic E-state index is 0.0242. The van der Waals surface area contributed by atoms with Gasteiger partial charge >= 0.3 is 0 Å². The number of anilines is 1. The number of rotatable bonds is 8. The molecule has 3 aromatic rings. The summed E-state index contributed by atoms with van der Waals surface area (Å²) < 4.78 is 51.7. The number of halogens is 1. The minimum atomic E-state index is -4.00. The van der Waals surface area contributed by atoms with E-state index in [1.54, 1.807) is 44.2 Å². The first-order valence-corrected chi connectivity index (χ1v) is 15.4. The molecular formula is C31H37FN4O4S. The summed E-state index contributed by atoms with van der Waals surface area (Å²) in [4.78, 5) is 9.25. The van der Waals surface area contributed by atoms with Gasteiger partial charge in [-0.3, -0.25) is 0 Å². The number of nitrogens with zero attached hydrogens (tertiary/aromatic N) is 4. The van der Waals surface area contributed by atoms with Crippen molar-refractivity contribution < 1.29 is 22.7 Å². The van der Waals surface area contributed by atoms with Crippen molar-refractivity contribution in [1.82, 2.24) is 9.88 Å². The van der Waals surface area contributed by atoms with Crippen molar-refractivity contribution in [3.8, 4) is 11.1 Å². The van der Waals surface area contributed by atoms with Crippen LogP contribution in [-0.4, -0.2) is 74.7 Å². The third-order valence-corrected chi connectivity index (χ3v) is 9.80. The molecule has 0 aliphatic carbocycles. The highest BCUT2D eigenvalue weighted by Crippen LogP contribution is 2.42. The van der Waals surface area contributed by atoms with Gasteiger partial charge in [0.15, 0.2) is 0 Å². The Morgan fingerprint density at radius 2 is 1.71 bits per heavy atom. The van der Waals surface area contributed by atoms with E-state index in [0.29, 0.717) is 11.1 Å². The van der Waals surface area contributed by atoms with E-state index in [-0.39, 0.29) is 25.3 Å². The lowest BCUT2D eigenvalue weighted by atomic mass is 9.91. The summed E-state index contributed by atoms with van der Waals surface area (Å²) in [6.45, 7) is 7.18. The number of aliphatic hydroxyl groups excluding tert-OH is 1. The molecule has 2 aliphatic rings. The molecule has 0 radical (unpaired) electrons. The summed E-state index contributed by atoms with van der Waals surface area (Å²) >= 11 is 0. The molecule has 2 aromatic carbocycles. The molecule has 1 unspecified atom stereocenters. The fraction of sp³-hybridized carbons (Fsp3) is 0.419. The summed E-state index contributed by atoms with van der Waals surface area (Å²) in [6, 6.07) is 17.7. The molecule has 1 N–H and O–H groups in total. The van der Waals surface area contributed by atoms with Gasteiger partial charge in [0.25, 0.3) is 10.0 Å². The summed E-state index contributed by atoms with van der Waals surface area (Å²) in [5.74, 6) is 0.0938. The number of likely N-dealkylation sites (N-methyl/N-ethyl adjacent to an activating group) is 1. The van der Waals surface area contributed by atoms with E-state index in [1.807, 2.05) is 30.5 Å². The fourth-order valence-electron chi connectivity index (χ4n) is 5.75. The van der Waals surface area contributed by atoms with Gasteiger partial charge < -0.3 is 19.6 Å². The van der Waals surface area contributed by atoms with Gasteiger partial charge in [-0.25, -0.2) is 17.8 Å². The number of aromatic nitrogens is 1. The maximum Gasteiger partial charge on any atom is 0.267 e. The standard InChI is InChI=1S/C31H37FN4O4S/c1-31(2)30(41(38,39)34-29(40-31)20-24(14-19-37)26-6-4-5-7-27(26)32)23-10-8-22(9-11-23)25-12-13-28(33-21-25)36-17-15-35(3)16-18-36/h4-13,21,24,30,37H,14-20H2,1-3H3/t24-,30?/m1/s1. The lowest BCUT2D eigenvalue weighted by molar-refractivity contribution is 0.0797. The Bertz CT molecular complexity index is 1490. The number of ether oxygens (including phenoxy) is 1. The molecule has 8 nitrogen and oxygen atoms in total. The van der Waals surface area contributed by atoms with Gasteiger partial charge in [0, 0.05) is 51.0 Å². The highest BCUT2D eigenvalue weighted by Gasteiger charge is 2.47. The molecule has 0 amide bonds. The number of pyridine rings is 1. The van der Waals surface area contributed by atoms with E-state index < -0.39 is 32.6 Å². The van der Waals surface area contributed by atoms with Crippen molar-refractivity contribution in [3.63, 3.8) is 0 Å². The Hall–Kier alpha value is -3.34. The molecule has 0 saturated carbocycles. The van der Waals surface area contributed by atoms with Crippen LogP contribution in [-0.2, 0) is 14.8 Å². The Balaban J connectivity index is 1.34. The van der Waals surface area contributed by atoms with Crippen molar-refractivity contribution in [2.75, 3.05) is 44.7 Å². The van der Waals surface area contributed by atoms with E-state index in [4.69, 9.17) is 4.74 Å². The van der Waals surface area contributed by atoms with Crippen molar-refractivity contribution in [2.45, 2.75) is 43.5 Å². The Labute approximate surface area is 241 Å². The van der Waals surface area contributed by atoms with Crippen LogP contribution in [0, 0.1) is 5.82 Å². The van der Waals surface area contributed by atoms with Crippen molar-refractivity contribution in [1.29, 1.82) is 0 Å². The number of benzene rings is 2. The number of hydrogen-bond acceptors (Lipinski definition) is 7. The first-order chi connectivity index (χ1) is 19.6. The average molecular weight is 581 g/mol. The first kappa shape index (κ1) is 29.2. The van der Waals surface area contributed by atoms with Crippen LogP contribution >= 0.6 is 0 Å². The number of piperazine rings is 1. The summed E-state index contributed by atoms with van der Waals surface area (Å²) in [5, 5.41) is 8.55. The molecule has 1 saturated heterocycles. The molecule has 0 bridgehead atoms. The zero-order valence-electron chi connectivity index (χ0n) is 23.7. The second-order valence-electron chi connectivity index (χ2n) is 11.3. The van der Waals surface area contributed by atoms with E-state index in [2.05, 4.69) is 26.2 Å². The zero-order chi connectivity index (χ0) is 29.2. The molecule has 41 heavy (non-hydrogen) atoms. The van der Waals surface area contributed by atoms with Crippen LogP contribution in [0.15, 0.2) is 71.3 Å². The van der Waals surface area contributed by atoms with Crippen molar-refractivity contribution in [2.24, 2.45) is 4.40 Å². The molecule has 5 rings (SSSR count). The van der Waals surface area contributed by atoms with Crippen LogP contribution in [0.5, 0.6) is 0 Å². The Morgan fingerprint density at radius 3 is 2.32 bits per heavy atom. The molecule has 218 valence electrons. The second-order valence-corrected chi connectivity index (χ2v) is 13.0. The Morgan fingerprint density at radius 1 is 1.02 bits per heavy atom. The van der Waals surface area contributed by atoms with Crippen LogP contribution in [0.1, 0.15) is 49.0 Å². The minimum Gasteiger partial charge on any atom is -0.472 e. The normalized spacial score (nSPS) is 21.1. The summed E-state index contributed by atoms with van der Waals surface area (Å²) in [7, 11) is -1.88. The number of hydrogen-bond donors (Lipinski definition) is 1. The van der Waals surface area contributed by atoms with Gasteiger partial charge in [-0.2, -0.15) is 0 Å². The van der Waals surface area contributed by atoms with E-state index in [0.717, 1.165) is 43.1 Å². The fourth-order valence-corrected chi connectivity index (χ4v) is 7.52. The van der Waals surface area contributed by atoms with E-state index in [1.165, 1.54) is 6.07 Å². The largest absolute Gasteiger partial charge is 0.472 e. The average Bonchev–Trinajstić information content (AvgIpc) is 2.93. The van der Waals surface area contributed by atoms with E-state index in [9.17, 15) is 17.9 Å². The predicted octanol–water partition coefficient (Wildman–Crippen LogP) is 4.77. The van der Waals surface area contributed by atoms with Crippen LogP contribution in [0.4, 0.5) is 10.2 Å². The van der Waals surface area contributed by atoms with Crippen molar-refractivity contribution >= 4 is 21.7 Å². The molecule has 1 aromatic heterocycles. The highest BCUT2D eigenvalue weighted by atomic mass is 32.2. The monoisotopic (exact) mass is 580 g/mol. The smallest absolute Gasteiger partial charge is 0.267 e. The van der Waals surface area contributed by atoms with Crippen LogP contribution in [0.2, 0.25) is 0 Å². The maximum absolute atomic E-state index is 14.5. The highest BCUT2D eigenvalue weighted by molar-refractivity contribution is 7.90. The molecule has 2 aliphatic heterocycles. The Kier molecular flexibility index (Phi) is 8.45. The van der Waals surface area contributed by atoms with Gasteiger partial charge in [-0.15, -0.1) is 4.40 Å². The third-order valence-electron chi connectivity index (χ3n) is 7.90. The molecule has 3 heterocycles. The van der Waals surface area contributed by atoms with Gasteiger partial charge in [0.1, 0.15) is 22.5 Å².